The van der Waals surface area contributed by atoms with Gasteiger partial charge in [-0.3, -0.25) is 0 Å². The number of ether oxygens (including phenoxy) is 1. The van der Waals surface area contributed by atoms with Gasteiger partial charge in [-0.05, 0) is 24.3 Å². The van der Waals surface area contributed by atoms with Crippen molar-refractivity contribution in [1.29, 1.82) is 0 Å². The van der Waals surface area contributed by atoms with E-state index in [1.807, 2.05) is 30.5 Å². The molecule has 0 aliphatic carbocycles. The number of carbonyl (C=O) groups excluding carboxylic acids is 1. The van der Waals surface area contributed by atoms with Gasteiger partial charge >= 0.3 is 5.97 Å². The lowest BCUT2D eigenvalue weighted by Gasteiger charge is -2.02. The number of fused-ring (bicyclic) bond motifs is 1. The molecule has 2 aromatic rings. The summed E-state index contributed by atoms with van der Waals surface area (Å²) in [7, 11) is 1.38. The molecule has 0 aromatic carbocycles. The first-order valence-corrected chi connectivity index (χ1v) is 3.97. The van der Waals surface area contributed by atoms with E-state index in [9.17, 15) is 4.79 Å². The Morgan fingerprint density at radius 2 is 2.08 bits per heavy atom. The summed E-state index contributed by atoms with van der Waals surface area (Å²) in [5.74, 6) is -0.318. The summed E-state index contributed by atoms with van der Waals surface area (Å²) in [6.07, 6.45) is 1.83. The average Bonchev–Trinajstić information content (AvgIpc) is 2.63. The molecule has 0 saturated heterocycles. The summed E-state index contributed by atoms with van der Waals surface area (Å²) in [6.45, 7) is 0. The van der Waals surface area contributed by atoms with Gasteiger partial charge in [0.05, 0.1) is 7.11 Å². The van der Waals surface area contributed by atoms with Crippen LogP contribution < -0.4 is 0 Å². The predicted octanol–water partition coefficient (Wildman–Crippen LogP) is 1.73. The fourth-order valence-electron chi connectivity index (χ4n) is 1.34. The molecule has 0 saturated carbocycles. The van der Waals surface area contributed by atoms with Crippen molar-refractivity contribution in [2.45, 2.75) is 0 Å². The van der Waals surface area contributed by atoms with E-state index in [0.29, 0.717) is 5.69 Å². The lowest BCUT2D eigenvalue weighted by Crippen LogP contribution is -2.06. The van der Waals surface area contributed by atoms with E-state index in [-0.39, 0.29) is 5.97 Å². The molecule has 0 bridgehead atoms. The molecule has 3 heteroatoms. The van der Waals surface area contributed by atoms with Gasteiger partial charge in [0, 0.05) is 11.7 Å². The van der Waals surface area contributed by atoms with Gasteiger partial charge in [0.1, 0.15) is 5.69 Å². The second-order valence-electron chi connectivity index (χ2n) is 2.71. The minimum absolute atomic E-state index is 0.318. The number of pyridine rings is 1. The number of hydrogen-bond acceptors (Lipinski definition) is 2. The summed E-state index contributed by atoms with van der Waals surface area (Å²) in [5.41, 5.74) is 1.54. The van der Waals surface area contributed by atoms with Gasteiger partial charge in [0.25, 0.3) is 0 Å². The van der Waals surface area contributed by atoms with E-state index in [1.165, 1.54) is 7.11 Å². The molecule has 0 amide bonds. The van der Waals surface area contributed by atoms with Gasteiger partial charge in [0.2, 0.25) is 0 Å². The van der Waals surface area contributed by atoms with Crippen molar-refractivity contribution in [1.82, 2.24) is 4.40 Å². The molecule has 2 heterocycles. The van der Waals surface area contributed by atoms with E-state index < -0.39 is 0 Å². The van der Waals surface area contributed by atoms with Crippen molar-refractivity contribution in [2.24, 2.45) is 0 Å². The van der Waals surface area contributed by atoms with Crippen molar-refractivity contribution >= 4 is 11.5 Å². The molecule has 0 fully saturated rings. The lowest BCUT2D eigenvalue weighted by molar-refractivity contribution is 0.0592. The van der Waals surface area contributed by atoms with Crippen LogP contribution in [0.2, 0.25) is 0 Å². The van der Waals surface area contributed by atoms with E-state index in [4.69, 9.17) is 0 Å². The lowest BCUT2D eigenvalue weighted by atomic mass is 10.3. The number of nitrogens with zero attached hydrogens (tertiary/aromatic N) is 1. The molecule has 0 N–H and O–H groups in total. The van der Waals surface area contributed by atoms with Crippen LogP contribution in [-0.2, 0) is 4.74 Å². The van der Waals surface area contributed by atoms with Crippen LogP contribution in [0.1, 0.15) is 10.5 Å². The van der Waals surface area contributed by atoms with Gasteiger partial charge < -0.3 is 9.14 Å². The van der Waals surface area contributed by atoms with Gasteiger partial charge in [-0.1, -0.05) is 6.07 Å². The van der Waals surface area contributed by atoms with Crippen LogP contribution in [0.3, 0.4) is 0 Å². The largest absolute Gasteiger partial charge is 0.464 e. The minimum atomic E-state index is -0.318. The Morgan fingerprint density at radius 3 is 2.85 bits per heavy atom. The zero-order chi connectivity index (χ0) is 9.26. The topological polar surface area (TPSA) is 30.7 Å². The summed E-state index contributed by atoms with van der Waals surface area (Å²) in [5, 5.41) is 0. The number of rotatable bonds is 1. The van der Waals surface area contributed by atoms with E-state index >= 15 is 0 Å². The van der Waals surface area contributed by atoms with Crippen LogP contribution in [0.4, 0.5) is 0 Å². The smallest absolute Gasteiger partial charge is 0.355 e. The maximum atomic E-state index is 11.3. The van der Waals surface area contributed by atoms with E-state index in [2.05, 4.69) is 4.74 Å². The first-order valence-electron chi connectivity index (χ1n) is 3.97. The molecule has 0 aliphatic heterocycles. The fourth-order valence-corrected chi connectivity index (χ4v) is 1.34. The van der Waals surface area contributed by atoms with Gasteiger partial charge in [0.15, 0.2) is 0 Å². The highest BCUT2D eigenvalue weighted by Gasteiger charge is 2.07. The van der Waals surface area contributed by atoms with Crippen molar-refractivity contribution < 1.29 is 9.53 Å². The van der Waals surface area contributed by atoms with Gasteiger partial charge in [-0.25, -0.2) is 4.79 Å². The second kappa shape index (κ2) is 2.94. The van der Waals surface area contributed by atoms with Crippen LogP contribution in [0, 0.1) is 0 Å². The van der Waals surface area contributed by atoms with Crippen molar-refractivity contribution in [3.63, 3.8) is 0 Å². The molecule has 0 radical (unpaired) electrons. The average molecular weight is 175 g/mol. The zero-order valence-electron chi connectivity index (χ0n) is 7.23. The summed E-state index contributed by atoms with van der Waals surface area (Å²) in [4.78, 5) is 11.3. The Morgan fingerprint density at radius 1 is 1.31 bits per heavy atom. The summed E-state index contributed by atoms with van der Waals surface area (Å²) >= 11 is 0. The molecule has 0 atom stereocenters. The van der Waals surface area contributed by atoms with Crippen LogP contribution in [-0.4, -0.2) is 17.5 Å². The number of aromatic nitrogens is 1. The Hall–Kier alpha value is -1.77. The molecule has 0 aliphatic rings. The van der Waals surface area contributed by atoms with Crippen LogP contribution >= 0.6 is 0 Å². The standard InChI is InChI=1S/C10H9NO2/c1-13-10(12)9-6-2-4-8-5-3-7-11(8)9/h2-7H,1H3. The second-order valence-corrected chi connectivity index (χ2v) is 2.71. The molecule has 0 unspecified atom stereocenters. The maximum Gasteiger partial charge on any atom is 0.355 e. The van der Waals surface area contributed by atoms with E-state index in [1.54, 1.807) is 10.5 Å². The van der Waals surface area contributed by atoms with Crippen LogP contribution in [0.15, 0.2) is 36.5 Å². The minimum Gasteiger partial charge on any atom is -0.464 e. The molecular formula is C10H9NO2. The van der Waals surface area contributed by atoms with Crippen LogP contribution in [0.25, 0.3) is 5.52 Å². The highest BCUT2D eigenvalue weighted by atomic mass is 16.5. The Balaban J connectivity index is 2.67. The third kappa shape index (κ3) is 1.18. The number of hydrogen-bond donors (Lipinski definition) is 0. The molecule has 0 spiro atoms. The fraction of sp³-hybridized carbons (Fsp3) is 0.100. The third-order valence-corrected chi connectivity index (χ3v) is 1.96. The highest BCUT2D eigenvalue weighted by Crippen LogP contribution is 2.09. The Kier molecular flexibility index (Phi) is 1.77. The van der Waals surface area contributed by atoms with Crippen molar-refractivity contribution in [3.05, 3.63) is 42.2 Å². The first kappa shape index (κ1) is 7.86. The first-order chi connectivity index (χ1) is 6.33. The van der Waals surface area contributed by atoms with Crippen molar-refractivity contribution in [2.75, 3.05) is 7.11 Å². The number of methoxy groups -OCH3 is 1. The third-order valence-electron chi connectivity index (χ3n) is 1.96. The zero-order valence-corrected chi connectivity index (χ0v) is 7.23. The molecule has 3 nitrogen and oxygen atoms in total. The normalized spacial score (nSPS) is 10.2. The van der Waals surface area contributed by atoms with Crippen molar-refractivity contribution in [3.8, 4) is 0 Å². The number of carbonyl (C=O) groups is 1. The van der Waals surface area contributed by atoms with Gasteiger partial charge in [-0.2, -0.15) is 0 Å². The molecule has 13 heavy (non-hydrogen) atoms. The summed E-state index contributed by atoms with van der Waals surface area (Å²) < 4.78 is 6.45. The summed E-state index contributed by atoms with van der Waals surface area (Å²) in [6, 6.07) is 9.33. The Bertz CT molecular complexity index is 445. The predicted molar refractivity (Wildman–Crippen MR) is 48.7 cm³/mol. The van der Waals surface area contributed by atoms with Crippen LogP contribution in [0.5, 0.6) is 0 Å². The molecular weight excluding hydrogens is 166 g/mol. The Labute approximate surface area is 75.6 Å². The molecule has 2 aromatic heterocycles. The molecule has 66 valence electrons. The quantitative estimate of drug-likeness (QED) is 0.618. The highest BCUT2D eigenvalue weighted by molar-refractivity contribution is 5.88. The van der Waals surface area contributed by atoms with Gasteiger partial charge in [-0.15, -0.1) is 0 Å². The van der Waals surface area contributed by atoms with E-state index in [0.717, 1.165) is 5.52 Å². The maximum absolute atomic E-state index is 11.3. The SMILES string of the molecule is COC(=O)c1cccc2cccn12. The molecule has 2 rings (SSSR count). The monoisotopic (exact) mass is 175 g/mol. The number of esters is 1.